The Kier molecular flexibility index (Phi) is 7.92. The Morgan fingerprint density at radius 1 is 1.09 bits per heavy atom. The highest BCUT2D eigenvalue weighted by Gasteiger charge is 2.30. The fourth-order valence-corrected chi connectivity index (χ4v) is 5.31. The fraction of sp³-hybridized carbons (Fsp3) is 0.440. The number of nitrogens with one attached hydrogen (secondary N) is 2. The van der Waals surface area contributed by atoms with Crippen LogP contribution < -0.4 is 14.9 Å². The van der Waals surface area contributed by atoms with Crippen LogP contribution in [0.15, 0.2) is 47.4 Å². The van der Waals surface area contributed by atoms with E-state index in [4.69, 9.17) is 0 Å². The van der Waals surface area contributed by atoms with Crippen LogP contribution in [0.2, 0.25) is 0 Å². The summed E-state index contributed by atoms with van der Waals surface area (Å²) < 4.78 is 28.7. The highest BCUT2D eigenvalue weighted by Crippen LogP contribution is 2.30. The number of aryl methyl sites for hydroxylation is 1. The van der Waals surface area contributed by atoms with Gasteiger partial charge in [0.05, 0.1) is 4.90 Å². The Labute approximate surface area is 196 Å². The van der Waals surface area contributed by atoms with Crippen molar-refractivity contribution < 1.29 is 18.0 Å². The summed E-state index contributed by atoms with van der Waals surface area (Å²) in [6.45, 7) is 8.42. The summed E-state index contributed by atoms with van der Waals surface area (Å²) in [6.07, 6.45) is 1.68. The molecule has 0 spiro atoms. The van der Waals surface area contributed by atoms with Crippen molar-refractivity contribution in [2.45, 2.75) is 57.9 Å². The summed E-state index contributed by atoms with van der Waals surface area (Å²) in [7, 11) is -3.91. The van der Waals surface area contributed by atoms with Crippen molar-refractivity contribution >= 4 is 27.5 Å². The highest BCUT2D eigenvalue weighted by atomic mass is 32.2. The molecule has 0 aliphatic carbocycles. The van der Waals surface area contributed by atoms with Crippen LogP contribution in [0.4, 0.5) is 5.69 Å². The van der Waals surface area contributed by atoms with E-state index < -0.39 is 16.1 Å². The molecule has 7 nitrogen and oxygen atoms in total. The molecule has 0 radical (unpaired) electrons. The first kappa shape index (κ1) is 24.9. The summed E-state index contributed by atoms with van der Waals surface area (Å²) in [5.74, 6) is -0.558. The molecule has 2 N–H and O–H groups in total. The number of hydrogen-bond donors (Lipinski definition) is 2. The van der Waals surface area contributed by atoms with E-state index in [9.17, 15) is 18.0 Å². The topological polar surface area (TPSA) is 95.6 Å². The summed E-state index contributed by atoms with van der Waals surface area (Å²) in [4.78, 5) is 26.7. The lowest BCUT2D eigenvalue weighted by atomic mass is 10.0. The van der Waals surface area contributed by atoms with Crippen molar-refractivity contribution in [3.05, 3.63) is 59.2 Å². The molecule has 178 valence electrons. The molecule has 33 heavy (non-hydrogen) atoms. The van der Waals surface area contributed by atoms with E-state index in [-0.39, 0.29) is 22.6 Å². The van der Waals surface area contributed by atoms with Crippen LogP contribution in [0.1, 0.15) is 43.9 Å². The number of anilines is 1. The summed E-state index contributed by atoms with van der Waals surface area (Å²) in [5, 5.41) is 2.86. The van der Waals surface area contributed by atoms with E-state index in [1.807, 2.05) is 45.0 Å². The number of amides is 2. The van der Waals surface area contributed by atoms with Gasteiger partial charge in [-0.2, -0.15) is 4.72 Å². The van der Waals surface area contributed by atoms with Gasteiger partial charge in [-0.3, -0.25) is 9.59 Å². The molecule has 1 atom stereocenters. The Balaban J connectivity index is 1.67. The second-order valence-electron chi connectivity index (χ2n) is 8.81. The molecule has 0 saturated heterocycles. The molecule has 0 aromatic heterocycles. The Bertz CT molecular complexity index is 1110. The Morgan fingerprint density at radius 3 is 2.42 bits per heavy atom. The SMILES string of the molecule is CCC(=O)N1CCc2cc(S(=O)(=O)NC(C(=O)NCCc3ccc(C)cc3)C(C)C)ccc21. The van der Waals surface area contributed by atoms with Gasteiger partial charge in [0.2, 0.25) is 21.8 Å². The Morgan fingerprint density at radius 2 is 1.79 bits per heavy atom. The second-order valence-corrected chi connectivity index (χ2v) is 10.5. The van der Waals surface area contributed by atoms with Gasteiger partial charge < -0.3 is 10.2 Å². The Hall–Kier alpha value is -2.71. The number of rotatable bonds is 9. The third-order valence-electron chi connectivity index (χ3n) is 5.93. The van der Waals surface area contributed by atoms with Crippen molar-refractivity contribution in [1.29, 1.82) is 0 Å². The lowest BCUT2D eigenvalue weighted by Crippen LogP contribution is -2.49. The van der Waals surface area contributed by atoms with Gasteiger partial charge in [0.25, 0.3) is 0 Å². The molecule has 0 saturated carbocycles. The zero-order valence-corrected chi connectivity index (χ0v) is 20.5. The number of carbonyl (C=O) groups is 2. The maximum atomic E-state index is 13.1. The molecule has 1 aliphatic heterocycles. The number of hydrogen-bond acceptors (Lipinski definition) is 4. The average molecular weight is 472 g/mol. The fourth-order valence-electron chi connectivity index (χ4n) is 3.92. The van der Waals surface area contributed by atoms with E-state index in [0.717, 1.165) is 16.8 Å². The second kappa shape index (κ2) is 10.5. The molecule has 8 heteroatoms. The van der Waals surface area contributed by atoms with Gasteiger partial charge in [-0.1, -0.05) is 50.6 Å². The first-order valence-electron chi connectivity index (χ1n) is 11.4. The molecule has 1 unspecified atom stereocenters. The maximum Gasteiger partial charge on any atom is 0.241 e. The van der Waals surface area contributed by atoms with Gasteiger partial charge in [-0.05, 0) is 55.0 Å². The van der Waals surface area contributed by atoms with Crippen LogP contribution in [-0.4, -0.2) is 39.4 Å². The molecular formula is C25H33N3O4S. The van der Waals surface area contributed by atoms with Crippen LogP contribution >= 0.6 is 0 Å². The minimum Gasteiger partial charge on any atom is -0.354 e. The summed E-state index contributed by atoms with van der Waals surface area (Å²) >= 11 is 0. The molecule has 2 amide bonds. The van der Waals surface area contributed by atoms with E-state index in [1.54, 1.807) is 24.0 Å². The third kappa shape index (κ3) is 6.00. The highest BCUT2D eigenvalue weighted by molar-refractivity contribution is 7.89. The van der Waals surface area contributed by atoms with Crippen LogP contribution in [0.3, 0.4) is 0 Å². The molecule has 0 fully saturated rings. The maximum absolute atomic E-state index is 13.1. The molecule has 1 aliphatic rings. The van der Waals surface area contributed by atoms with Gasteiger partial charge in [0.1, 0.15) is 6.04 Å². The molecule has 1 heterocycles. The van der Waals surface area contributed by atoms with Crippen LogP contribution in [-0.2, 0) is 32.5 Å². The zero-order chi connectivity index (χ0) is 24.2. The van der Waals surface area contributed by atoms with Gasteiger partial charge in [-0.25, -0.2) is 8.42 Å². The van der Waals surface area contributed by atoms with Gasteiger partial charge in [-0.15, -0.1) is 0 Å². The van der Waals surface area contributed by atoms with Gasteiger partial charge in [0, 0.05) is 25.2 Å². The van der Waals surface area contributed by atoms with Gasteiger partial charge in [0.15, 0.2) is 0 Å². The minimum absolute atomic E-state index is 0.0182. The van der Waals surface area contributed by atoms with Crippen molar-refractivity contribution in [1.82, 2.24) is 10.0 Å². The number of fused-ring (bicyclic) bond motifs is 1. The van der Waals surface area contributed by atoms with Crippen LogP contribution in [0, 0.1) is 12.8 Å². The van der Waals surface area contributed by atoms with Crippen molar-refractivity contribution in [3.63, 3.8) is 0 Å². The first-order chi connectivity index (χ1) is 15.6. The number of sulfonamides is 1. The van der Waals surface area contributed by atoms with Crippen LogP contribution in [0.5, 0.6) is 0 Å². The summed E-state index contributed by atoms with van der Waals surface area (Å²) in [6, 6.07) is 12.0. The van der Waals surface area contributed by atoms with E-state index in [0.29, 0.717) is 32.4 Å². The lowest BCUT2D eigenvalue weighted by molar-refractivity contribution is -0.123. The molecule has 2 aromatic rings. The van der Waals surface area contributed by atoms with E-state index in [1.165, 1.54) is 11.6 Å². The number of carbonyl (C=O) groups excluding carboxylic acids is 2. The smallest absolute Gasteiger partial charge is 0.241 e. The standard InChI is InChI=1S/C25H33N3O4S/c1-5-23(29)28-15-13-20-16-21(10-11-22(20)28)33(31,32)27-24(17(2)3)25(30)26-14-12-19-8-6-18(4)7-9-19/h6-11,16-17,24,27H,5,12-15H2,1-4H3,(H,26,30). The van der Waals surface area contributed by atoms with E-state index >= 15 is 0 Å². The van der Waals surface area contributed by atoms with E-state index in [2.05, 4.69) is 10.0 Å². The molecule has 3 rings (SSSR count). The number of nitrogens with zero attached hydrogens (tertiary/aromatic N) is 1. The average Bonchev–Trinajstić information content (AvgIpc) is 3.21. The summed E-state index contributed by atoms with van der Waals surface area (Å²) in [5.41, 5.74) is 3.86. The quantitative estimate of drug-likeness (QED) is 0.588. The molecule has 0 bridgehead atoms. The zero-order valence-electron chi connectivity index (χ0n) is 19.7. The predicted octanol–water partition coefficient (Wildman–Crippen LogP) is 2.96. The molecule has 2 aromatic carbocycles. The van der Waals surface area contributed by atoms with Gasteiger partial charge >= 0.3 is 0 Å². The number of benzene rings is 2. The van der Waals surface area contributed by atoms with Crippen molar-refractivity contribution in [2.24, 2.45) is 5.92 Å². The third-order valence-corrected chi connectivity index (χ3v) is 7.36. The normalized spacial score (nSPS) is 14.3. The monoisotopic (exact) mass is 471 g/mol. The minimum atomic E-state index is -3.91. The first-order valence-corrected chi connectivity index (χ1v) is 12.9. The van der Waals surface area contributed by atoms with Crippen molar-refractivity contribution in [3.8, 4) is 0 Å². The largest absolute Gasteiger partial charge is 0.354 e. The van der Waals surface area contributed by atoms with Crippen LogP contribution in [0.25, 0.3) is 0 Å². The predicted molar refractivity (Wildman–Crippen MR) is 130 cm³/mol. The lowest BCUT2D eigenvalue weighted by Gasteiger charge is -2.22. The van der Waals surface area contributed by atoms with Crippen molar-refractivity contribution in [2.75, 3.05) is 18.0 Å². The molecular weight excluding hydrogens is 438 g/mol.